The summed E-state index contributed by atoms with van der Waals surface area (Å²) in [5.41, 5.74) is 1.79. The van der Waals surface area contributed by atoms with Gasteiger partial charge < -0.3 is 9.47 Å². The molecule has 20 heavy (non-hydrogen) atoms. The summed E-state index contributed by atoms with van der Waals surface area (Å²) >= 11 is 5.18. The minimum Gasteiger partial charge on any atom is -0.454 e. The van der Waals surface area contributed by atoms with E-state index in [2.05, 4.69) is 15.3 Å². The minimum absolute atomic E-state index is 0.266. The van der Waals surface area contributed by atoms with Crippen molar-refractivity contribution >= 4 is 17.9 Å². The third-order valence-corrected chi connectivity index (χ3v) is 3.34. The number of rotatable bonds is 3. The lowest BCUT2D eigenvalue weighted by molar-refractivity contribution is 0.174. The van der Waals surface area contributed by atoms with Crippen molar-refractivity contribution in [2.24, 2.45) is 5.10 Å². The predicted octanol–water partition coefficient (Wildman–Crippen LogP) is 2.50. The van der Waals surface area contributed by atoms with Crippen LogP contribution in [0.25, 0.3) is 0 Å². The molecule has 0 radical (unpaired) electrons. The third kappa shape index (κ3) is 2.20. The molecule has 0 spiro atoms. The van der Waals surface area contributed by atoms with Crippen molar-refractivity contribution < 1.29 is 9.47 Å². The van der Waals surface area contributed by atoms with Crippen LogP contribution in [0.2, 0.25) is 0 Å². The number of ether oxygens (including phenoxy) is 2. The van der Waals surface area contributed by atoms with Crippen LogP contribution in [0.15, 0.2) is 23.3 Å². The standard InChI is InChI=1S/C13H14N4O2S/c1-3-12-14-15-13(20)17(12)16-8(2)9-4-5-10-11(6-9)19-7-18-10/h4-6H,3,7H2,1-2H3,(H,15,20)/b16-8-. The number of hydrogen-bond donors (Lipinski definition) is 1. The molecule has 1 aliphatic rings. The van der Waals surface area contributed by atoms with Gasteiger partial charge in [-0.2, -0.15) is 14.9 Å². The fraction of sp³-hybridized carbons (Fsp3) is 0.308. The van der Waals surface area contributed by atoms with Gasteiger partial charge >= 0.3 is 0 Å². The van der Waals surface area contributed by atoms with Crippen LogP contribution < -0.4 is 9.47 Å². The highest BCUT2D eigenvalue weighted by molar-refractivity contribution is 7.71. The van der Waals surface area contributed by atoms with E-state index >= 15 is 0 Å². The number of nitrogens with one attached hydrogen (secondary N) is 1. The van der Waals surface area contributed by atoms with Gasteiger partial charge in [0.15, 0.2) is 17.3 Å². The molecule has 1 aromatic carbocycles. The Hall–Kier alpha value is -2.15. The highest BCUT2D eigenvalue weighted by Gasteiger charge is 2.14. The number of hydrogen-bond acceptors (Lipinski definition) is 5. The normalized spacial score (nSPS) is 13.8. The number of fused-ring (bicyclic) bond motifs is 1. The Kier molecular flexibility index (Phi) is 3.27. The molecule has 7 heteroatoms. The Labute approximate surface area is 121 Å². The Morgan fingerprint density at radius 3 is 3.05 bits per heavy atom. The highest BCUT2D eigenvalue weighted by atomic mass is 32.1. The van der Waals surface area contributed by atoms with Gasteiger partial charge in [-0.1, -0.05) is 6.92 Å². The first-order valence-corrected chi connectivity index (χ1v) is 6.71. The van der Waals surface area contributed by atoms with Gasteiger partial charge in [-0.15, -0.1) is 0 Å². The second-order valence-electron chi connectivity index (χ2n) is 4.36. The molecule has 6 nitrogen and oxygen atoms in total. The molecule has 0 amide bonds. The fourth-order valence-electron chi connectivity index (χ4n) is 1.99. The summed E-state index contributed by atoms with van der Waals surface area (Å²) in [6, 6.07) is 5.74. The average molecular weight is 290 g/mol. The van der Waals surface area contributed by atoms with E-state index in [1.165, 1.54) is 0 Å². The first kappa shape index (κ1) is 12.9. The summed E-state index contributed by atoms with van der Waals surface area (Å²) in [4.78, 5) is 0. The summed E-state index contributed by atoms with van der Waals surface area (Å²) in [5, 5.41) is 11.4. The van der Waals surface area contributed by atoms with Gasteiger partial charge in [-0.25, -0.2) is 0 Å². The monoisotopic (exact) mass is 290 g/mol. The lowest BCUT2D eigenvalue weighted by Crippen LogP contribution is -2.03. The first-order chi connectivity index (χ1) is 9.69. The van der Waals surface area contributed by atoms with Gasteiger partial charge in [0.25, 0.3) is 0 Å². The number of aryl methyl sites for hydroxylation is 1. The largest absolute Gasteiger partial charge is 0.454 e. The highest BCUT2D eigenvalue weighted by Crippen LogP contribution is 2.32. The van der Waals surface area contributed by atoms with E-state index in [9.17, 15) is 0 Å². The molecular formula is C13H14N4O2S. The number of benzene rings is 1. The van der Waals surface area contributed by atoms with E-state index in [1.807, 2.05) is 32.0 Å². The molecule has 104 valence electrons. The van der Waals surface area contributed by atoms with Crippen LogP contribution >= 0.6 is 12.2 Å². The van der Waals surface area contributed by atoms with Crippen molar-refractivity contribution in [1.29, 1.82) is 0 Å². The third-order valence-electron chi connectivity index (χ3n) is 3.07. The Bertz CT molecular complexity index is 732. The second kappa shape index (κ2) is 5.09. The van der Waals surface area contributed by atoms with Gasteiger partial charge in [0, 0.05) is 12.0 Å². The van der Waals surface area contributed by atoms with Crippen LogP contribution in [-0.2, 0) is 6.42 Å². The molecule has 1 aliphatic heterocycles. The maximum atomic E-state index is 5.37. The molecule has 0 atom stereocenters. The molecule has 1 aromatic heterocycles. The van der Waals surface area contributed by atoms with E-state index in [0.717, 1.165) is 35.0 Å². The van der Waals surface area contributed by atoms with Crippen LogP contribution in [0.4, 0.5) is 0 Å². The summed E-state index contributed by atoms with van der Waals surface area (Å²) in [6.07, 6.45) is 0.755. The van der Waals surface area contributed by atoms with Crippen LogP contribution in [0, 0.1) is 4.77 Å². The van der Waals surface area contributed by atoms with E-state index < -0.39 is 0 Å². The number of aromatic amines is 1. The molecule has 2 heterocycles. The van der Waals surface area contributed by atoms with Gasteiger partial charge in [-0.05, 0) is 37.3 Å². The number of aromatic nitrogens is 3. The lowest BCUT2D eigenvalue weighted by Gasteiger charge is -2.04. The van der Waals surface area contributed by atoms with E-state index in [4.69, 9.17) is 21.7 Å². The van der Waals surface area contributed by atoms with E-state index in [1.54, 1.807) is 4.68 Å². The Balaban J connectivity index is 1.99. The quantitative estimate of drug-likeness (QED) is 0.697. The van der Waals surface area contributed by atoms with Gasteiger partial charge in [0.2, 0.25) is 11.6 Å². The van der Waals surface area contributed by atoms with Crippen molar-refractivity contribution in [3.05, 3.63) is 34.4 Å². The summed E-state index contributed by atoms with van der Waals surface area (Å²) in [5.74, 6) is 2.30. The number of H-pyrrole nitrogens is 1. The SMILES string of the molecule is CCc1n[nH]c(=S)n1/N=C(/C)c1ccc2c(c1)OCO2. The molecule has 0 bridgehead atoms. The van der Waals surface area contributed by atoms with Crippen molar-refractivity contribution in [2.45, 2.75) is 20.3 Å². The van der Waals surface area contributed by atoms with Crippen molar-refractivity contribution in [3.8, 4) is 11.5 Å². The lowest BCUT2D eigenvalue weighted by atomic mass is 10.1. The van der Waals surface area contributed by atoms with Gasteiger partial charge in [-0.3, -0.25) is 5.10 Å². The molecule has 3 rings (SSSR count). The maximum absolute atomic E-state index is 5.37. The minimum atomic E-state index is 0.266. The zero-order chi connectivity index (χ0) is 14.1. The van der Waals surface area contributed by atoms with Crippen molar-refractivity contribution in [3.63, 3.8) is 0 Å². The fourth-order valence-corrected chi connectivity index (χ4v) is 2.18. The topological polar surface area (TPSA) is 64.4 Å². The van der Waals surface area contributed by atoms with Gasteiger partial charge in [0.05, 0.1) is 5.71 Å². The molecule has 0 unspecified atom stereocenters. The predicted molar refractivity (Wildman–Crippen MR) is 77.0 cm³/mol. The summed E-state index contributed by atoms with van der Waals surface area (Å²) in [6.45, 7) is 4.19. The van der Waals surface area contributed by atoms with E-state index in [-0.39, 0.29) is 6.79 Å². The number of nitrogens with zero attached hydrogens (tertiary/aromatic N) is 3. The van der Waals surface area contributed by atoms with Crippen LogP contribution in [0.1, 0.15) is 25.2 Å². The van der Waals surface area contributed by atoms with Crippen molar-refractivity contribution in [2.75, 3.05) is 6.79 Å². The zero-order valence-electron chi connectivity index (χ0n) is 11.2. The molecule has 0 fully saturated rings. The van der Waals surface area contributed by atoms with Gasteiger partial charge in [0.1, 0.15) is 0 Å². The second-order valence-corrected chi connectivity index (χ2v) is 4.75. The molecule has 0 saturated carbocycles. The van der Waals surface area contributed by atoms with Crippen molar-refractivity contribution in [1.82, 2.24) is 14.9 Å². The molecule has 0 saturated heterocycles. The average Bonchev–Trinajstić information content (AvgIpc) is 3.05. The first-order valence-electron chi connectivity index (χ1n) is 6.31. The Morgan fingerprint density at radius 1 is 1.45 bits per heavy atom. The maximum Gasteiger partial charge on any atom is 0.231 e. The van der Waals surface area contributed by atoms with Crippen LogP contribution in [-0.4, -0.2) is 27.4 Å². The molecule has 0 aliphatic carbocycles. The molecular weight excluding hydrogens is 276 g/mol. The van der Waals surface area contributed by atoms with Crippen LogP contribution in [0.3, 0.4) is 0 Å². The zero-order valence-corrected chi connectivity index (χ0v) is 12.0. The van der Waals surface area contributed by atoms with Crippen LogP contribution in [0.5, 0.6) is 11.5 Å². The summed E-state index contributed by atoms with van der Waals surface area (Å²) in [7, 11) is 0. The Morgan fingerprint density at radius 2 is 2.25 bits per heavy atom. The molecule has 2 aromatic rings. The smallest absolute Gasteiger partial charge is 0.231 e. The molecule has 1 N–H and O–H groups in total. The van der Waals surface area contributed by atoms with E-state index in [0.29, 0.717) is 4.77 Å². The summed E-state index contributed by atoms with van der Waals surface area (Å²) < 4.78 is 12.8.